The molecule has 1 aromatic rings. The van der Waals surface area contributed by atoms with E-state index in [2.05, 4.69) is 18.2 Å². The molecule has 0 aromatic heterocycles. The zero-order valence-electron chi connectivity index (χ0n) is 7.90. The quantitative estimate of drug-likeness (QED) is 0.680. The summed E-state index contributed by atoms with van der Waals surface area (Å²) in [6.07, 6.45) is 4.56. The first-order valence-corrected chi connectivity index (χ1v) is 6.36. The van der Waals surface area contributed by atoms with Crippen LogP contribution in [0.3, 0.4) is 0 Å². The molecule has 74 valence electrons. The Balaban J connectivity index is 2.08. The van der Waals surface area contributed by atoms with Crippen molar-refractivity contribution in [3.05, 3.63) is 46.2 Å². The molecule has 0 saturated heterocycles. The minimum atomic E-state index is 0.250. The van der Waals surface area contributed by atoms with Crippen molar-refractivity contribution in [1.29, 1.82) is 0 Å². The molecule has 0 N–H and O–H groups in total. The van der Waals surface area contributed by atoms with Crippen LogP contribution in [-0.4, -0.2) is 5.78 Å². The molecule has 0 amide bonds. The monoisotopic (exact) mass is 232 g/mol. The number of Topliss-reactive ketones (excluding diaryl/α,β-unsaturated/α-hetero) is 1. The topological polar surface area (TPSA) is 17.1 Å². The van der Waals surface area contributed by atoms with E-state index in [0.29, 0.717) is 6.42 Å². The number of thioether (sulfide) groups is 2. The van der Waals surface area contributed by atoms with Gasteiger partial charge in [0.2, 0.25) is 0 Å². The van der Waals surface area contributed by atoms with Gasteiger partial charge in [-0.15, -0.1) is 0 Å². The maximum absolute atomic E-state index is 11.7. The number of rotatable bonds is 0. The van der Waals surface area contributed by atoms with Gasteiger partial charge < -0.3 is 0 Å². The van der Waals surface area contributed by atoms with Gasteiger partial charge in [-0.25, -0.2) is 0 Å². The average molecular weight is 232 g/mol. The molecule has 15 heavy (non-hydrogen) atoms. The molecule has 1 heterocycles. The Bertz CT molecular complexity index is 500. The van der Waals surface area contributed by atoms with Crippen molar-refractivity contribution in [3.63, 3.8) is 0 Å². The molecule has 1 aliphatic carbocycles. The molecular formula is C12H8OS2. The Hall–Kier alpha value is -0.930. The summed E-state index contributed by atoms with van der Waals surface area (Å²) in [4.78, 5) is 16.2. The van der Waals surface area contributed by atoms with Crippen molar-refractivity contribution in [1.82, 2.24) is 0 Å². The lowest BCUT2D eigenvalue weighted by atomic mass is 10.2. The van der Waals surface area contributed by atoms with Gasteiger partial charge in [-0.2, -0.15) is 0 Å². The second-order valence-corrected chi connectivity index (χ2v) is 5.51. The van der Waals surface area contributed by atoms with Gasteiger partial charge in [-0.05, 0) is 12.1 Å². The summed E-state index contributed by atoms with van der Waals surface area (Å²) >= 11 is 3.30. The lowest BCUT2D eigenvalue weighted by Gasteiger charge is -2.20. The molecule has 0 fully saturated rings. The van der Waals surface area contributed by atoms with Crippen LogP contribution in [-0.2, 0) is 4.79 Å². The van der Waals surface area contributed by atoms with E-state index in [4.69, 9.17) is 0 Å². The predicted molar refractivity (Wildman–Crippen MR) is 63.9 cm³/mol. The summed E-state index contributed by atoms with van der Waals surface area (Å²) in [5.74, 6) is 0.250. The van der Waals surface area contributed by atoms with E-state index in [9.17, 15) is 4.79 Å². The maximum Gasteiger partial charge on any atom is 0.174 e. The van der Waals surface area contributed by atoms with Crippen LogP contribution in [0.2, 0.25) is 0 Å². The Morgan fingerprint density at radius 3 is 2.60 bits per heavy atom. The van der Waals surface area contributed by atoms with Crippen molar-refractivity contribution >= 4 is 29.3 Å². The minimum absolute atomic E-state index is 0.250. The van der Waals surface area contributed by atoms with E-state index < -0.39 is 0 Å². The standard InChI is InChI=1S/C12H8OS2/c13-8-4-3-7-11-12(8)15-10-6-2-1-5-9(10)14-11/h1-3,5-7H,4H2. The number of hydrogen-bond acceptors (Lipinski definition) is 3. The van der Waals surface area contributed by atoms with Gasteiger partial charge >= 0.3 is 0 Å². The Morgan fingerprint density at radius 1 is 1.07 bits per heavy atom. The van der Waals surface area contributed by atoms with Gasteiger partial charge in [0.1, 0.15) is 0 Å². The molecular weight excluding hydrogens is 224 g/mol. The second kappa shape index (κ2) is 3.58. The van der Waals surface area contributed by atoms with E-state index in [0.717, 1.165) is 9.81 Å². The number of carbonyl (C=O) groups is 1. The molecule has 2 aliphatic rings. The van der Waals surface area contributed by atoms with Gasteiger partial charge in [0, 0.05) is 21.1 Å². The summed E-state index contributed by atoms with van der Waals surface area (Å²) < 4.78 is 0. The average Bonchev–Trinajstić information content (AvgIpc) is 2.27. The normalized spacial score (nSPS) is 18.8. The summed E-state index contributed by atoms with van der Waals surface area (Å²) in [5, 5.41) is 0. The third kappa shape index (κ3) is 1.56. The molecule has 0 spiro atoms. The van der Waals surface area contributed by atoms with Crippen molar-refractivity contribution in [3.8, 4) is 0 Å². The van der Waals surface area contributed by atoms with Crippen LogP contribution in [0.5, 0.6) is 0 Å². The molecule has 0 saturated carbocycles. The molecule has 3 rings (SSSR count). The fourth-order valence-electron chi connectivity index (χ4n) is 1.61. The molecule has 3 heteroatoms. The summed E-state index contributed by atoms with van der Waals surface area (Å²) in [5.41, 5.74) is 0. The first-order valence-electron chi connectivity index (χ1n) is 4.73. The van der Waals surface area contributed by atoms with Crippen LogP contribution in [0, 0.1) is 0 Å². The van der Waals surface area contributed by atoms with Crippen molar-refractivity contribution in [2.24, 2.45) is 0 Å². The third-order valence-corrected chi connectivity index (χ3v) is 4.95. The lowest BCUT2D eigenvalue weighted by molar-refractivity contribution is -0.114. The van der Waals surface area contributed by atoms with Crippen LogP contribution < -0.4 is 0 Å². The fraction of sp³-hybridized carbons (Fsp3) is 0.0833. The second-order valence-electron chi connectivity index (χ2n) is 3.37. The Morgan fingerprint density at radius 2 is 1.80 bits per heavy atom. The summed E-state index contributed by atoms with van der Waals surface area (Å²) in [6, 6.07) is 8.22. The molecule has 0 radical (unpaired) electrons. The number of benzene rings is 1. The van der Waals surface area contributed by atoms with E-state index in [1.807, 2.05) is 18.2 Å². The van der Waals surface area contributed by atoms with Crippen LogP contribution in [0.25, 0.3) is 0 Å². The zero-order chi connectivity index (χ0) is 10.3. The van der Waals surface area contributed by atoms with Gasteiger partial charge in [-0.1, -0.05) is 47.8 Å². The van der Waals surface area contributed by atoms with Crippen LogP contribution >= 0.6 is 23.5 Å². The molecule has 0 unspecified atom stereocenters. The molecule has 1 aliphatic heterocycles. The van der Waals surface area contributed by atoms with E-state index in [1.165, 1.54) is 9.79 Å². The number of hydrogen-bond donors (Lipinski definition) is 0. The van der Waals surface area contributed by atoms with E-state index in [1.54, 1.807) is 23.5 Å². The third-order valence-electron chi connectivity index (χ3n) is 2.33. The van der Waals surface area contributed by atoms with Gasteiger partial charge in [0.15, 0.2) is 5.78 Å². The minimum Gasteiger partial charge on any atom is -0.293 e. The number of carbonyl (C=O) groups excluding carboxylic acids is 1. The highest BCUT2D eigenvalue weighted by Gasteiger charge is 2.24. The number of fused-ring (bicyclic) bond motifs is 1. The predicted octanol–water partition coefficient (Wildman–Crippen LogP) is 3.63. The van der Waals surface area contributed by atoms with Crippen molar-refractivity contribution in [2.45, 2.75) is 16.2 Å². The van der Waals surface area contributed by atoms with Gasteiger partial charge in [0.05, 0.1) is 4.91 Å². The Kier molecular flexibility index (Phi) is 2.22. The van der Waals surface area contributed by atoms with Crippen LogP contribution in [0.4, 0.5) is 0 Å². The molecule has 1 nitrogen and oxygen atoms in total. The largest absolute Gasteiger partial charge is 0.293 e. The molecule has 0 bridgehead atoms. The van der Waals surface area contributed by atoms with E-state index >= 15 is 0 Å². The highest BCUT2D eigenvalue weighted by molar-refractivity contribution is 8.10. The van der Waals surface area contributed by atoms with E-state index in [-0.39, 0.29) is 5.78 Å². The highest BCUT2D eigenvalue weighted by atomic mass is 32.2. The van der Waals surface area contributed by atoms with Crippen molar-refractivity contribution < 1.29 is 4.79 Å². The zero-order valence-corrected chi connectivity index (χ0v) is 9.53. The van der Waals surface area contributed by atoms with Crippen molar-refractivity contribution in [2.75, 3.05) is 0 Å². The number of ketones is 1. The maximum atomic E-state index is 11.7. The lowest BCUT2D eigenvalue weighted by Crippen LogP contribution is -2.06. The SMILES string of the molecule is O=C1CC=CC2=C1Sc1ccccc1S2. The molecule has 1 aromatic carbocycles. The molecule has 0 atom stereocenters. The highest BCUT2D eigenvalue weighted by Crippen LogP contribution is 2.48. The van der Waals surface area contributed by atoms with Crippen LogP contribution in [0.15, 0.2) is 56.0 Å². The van der Waals surface area contributed by atoms with Crippen LogP contribution in [0.1, 0.15) is 6.42 Å². The first kappa shape index (κ1) is 9.31. The van der Waals surface area contributed by atoms with Gasteiger partial charge in [0.25, 0.3) is 0 Å². The Labute approximate surface area is 96.6 Å². The fourth-order valence-corrected chi connectivity index (χ4v) is 3.94. The van der Waals surface area contributed by atoms with Gasteiger partial charge in [-0.3, -0.25) is 4.79 Å². The number of allylic oxidation sites excluding steroid dienone is 3. The summed E-state index contributed by atoms with van der Waals surface area (Å²) in [7, 11) is 0. The first-order chi connectivity index (χ1) is 7.34. The smallest absolute Gasteiger partial charge is 0.174 e. The summed E-state index contributed by atoms with van der Waals surface area (Å²) in [6.45, 7) is 0.